The smallest absolute Gasteiger partial charge is 0.126 e. The summed E-state index contributed by atoms with van der Waals surface area (Å²) < 4.78 is 13.5. The van der Waals surface area contributed by atoms with Gasteiger partial charge in [-0.05, 0) is 25.0 Å². The zero-order valence-corrected chi connectivity index (χ0v) is 9.80. The highest BCUT2D eigenvalue weighted by Gasteiger charge is 2.25. The van der Waals surface area contributed by atoms with Crippen LogP contribution in [-0.2, 0) is 12.0 Å². The van der Waals surface area contributed by atoms with Gasteiger partial charge in [-0.15, -0.1) is 11.3 Å². The van der Waals surface area contributed by atoms with Gasteiger partial charge in [-0.25, -0.2) is 9.37 Å². The van der Waals surface area contributed by atoms with Crippen molar-refractivity contribution in [3.63, 3.8) is 0 Å². The molecule has 0 fully saturated rings. The molecule has 0 spiro atoms. The van der Waals surface area contributed by atoms with Crippen molar-refractivity contribution < 1.29 is 4.39 Å². The molecule has 0 radical (unpaired) electrons. The number of aromatic nitrogens is 1. The Morgan fingerprint density at radius 3 is 2.81 bits per heavy atom. The van der Waals surface area contributed by atoms with Crippen LogP contribution in [0.4, 0.5) is 4.39 Å². The van der Waals surface area contributed by atoms with Crippen molar-refractivity contribution >= 4 is 11.3 Å². The van der Waals surface area contributed by atoms with Gasteiger partial charge in [0.05, 0.1) is 5.54 Å². The lowest BCUT2D eigenvalue weighted by atomic mass is 9.94. The molecule has 0 unspecified atom stereocenters. The van der Waals surface area contributed by atoms with Crippen LogP contribution in [0, 0.1) is 5.82 Å². The molecule has 1 heterocycles. The molecule has 2 aromatic rings. The number of hydrogen-bond donors (Lipinski definition) is 1. The number of benzene rings is 1. The first-order chi connectivity index (χ1) is 7.59. The van der Waals surface area contributed by atoms with Crippen LogP contribution in [0.3, 0.4) is 0 Å². The van der Waals surface area contributed by atoms with E-state index in [1.54, 1.807) is 18.3 Å². The molecule has 2 nitrogen and oxygen atoms in total. The minimum absolute atomic E-state index is 0.212. The molecule has 0 amide bonds. The Bertz CT molecular complexity index is 466. The molecule has 1 aromatic heterocycles. The van der Waals surface area contributed by atoms with E-state index in [2.05, 4.69) is 4.98 Å². The van der Waals surface area contributed by atoms with E-state index in [0.29, 0.717) is 12.0 Å². The van der Waals surface area contributed by atoms with Gasteiger partial charge in [0.15, 0.2) is 0 Å². The van der Waals surface area contributed by atoms with Gasteiger partial charge in [-0.1, -0.05) is 18.2 Å². The van der Waals surface area contributed by atoms with Crippen LogP contribution in [0.2, 0.25) is 0 Å². The Hall–Kier alpha value is -1.26. The minimum atomic E-state index is -0.615. The van der Waals surface area contributed by atoms with Crippen LogP contribution in [0.5, 0.6) is 0 Å². The Balaban J connectivity index is 2.25. The van der Waals surface area contributed by atoms with Crippen LogP contribution in [0.25, 0.3) is 0 Å². The van der Waals surface area contributed by atoms with Gasteiger partial charge in [0.1, 0.15) is 10.8 Å². The second-order valence-corrected chi connectivity index (χ2v) is 4.92. The first-order valence-corrected chi connectivity index (χ1v) is 5.90. The third-order valence-electron chi connectivity index (χ3n) is 2.44. The zero-order chi connectivity index (χ0) is 11.6. The first kappa shape index (κ1) is 11.2. The summed E-state index contributed by atoms with van der Waals surface area (Å²) in [6.07, 6.45) is 2.17. The SMILES string of the molecule is C[C@](N)(Cc1ccccc1F)c1nccs1. The van der Waals surface area contributed by atoms with Crippen molar-refractivity contribution in [2.24, 2.45) is 5.73 Å². The molecule has 0 aliphatic rings. The van der Waals surface area contributed by atoms with E-state index in [4.69, 9.17) is 5.73 Å². The lowest BCUT2D eigenvalue weighted by Gasteiger charge is -2.22. The standard InChI is InChI=1S/C12H13FN2S/c1-12(14,11-15-6-7-16-11)8-9-4-2-3-5-10(9)13/h2-7H,8,14H2,1H3/t12-/m0/s1. The molecule has 0 saturated heterocycles. The van der Waals surface area contributed by atoms with Gasteiger partial charge in [-0.3, -0.25) is 0 Å². The van der Waals surface area contributed by atoms with E-state index in [0.717, 1.165) is 5.01 Å². The van der Waals surface area contributed by atoms with Gasteiger partial charge in [0.2, 0.25) is 0 Å². The van der Waals surface area contributed by atoms with E-state index in [1.165, 1.54) is 17.4 Å². The first-order valence-electron chi connectivity index (χ1n) is 5.02. The second kappa shape index (κ2) is 4.31. The quantitative estimate of drug-likeness (QED) is 0.890. The summed E-state index contributed by atoms with van der Waals surface area (Å²) in [6, 6.07) is 6.70. The summed E-state index contributed by atoms with van der Waals surface area (Å²) in [5.74, 6) is -0.212. The Kier molecular flexibility index (Phi) is 3.03. The molecule has 2 N–H and O–H groups in total. The summed E-state index contributed by atoms with van der Waals surface area (Å²) in [4.78, 5) is 4.18. The van der Waals surface area contributed by atoms with E-state index < -0.39 is 5.54 Å². The highest BCUT2D eigenvalue weighted by molar-refractivity contribution is 7.09. The lowest BCUT2D eigenvalue weighted by Crippen LogP contribution is -2.35. The maximum Gasteiger partial charge on any atom is 0.126 e. The van der Waals surface area contributed by atoms with E-state index in [-0.39, 0.29) is 5.82 Å². The van der Waals surface area contributed by atoms with Crippen molar-refractivity contribution in [1.82, 2.24) is 4.98 Å². The third kappa shape index (κ3) is 2.28. The predicted octanol–water partition coefficient (Wildman–Crippen LogP) is 2.70. The Labute approximate surface area is 97.9 Å². The fraction of sp³-hybridized carbons (Fsp3) is 0.250. The normalized spacial score (nSPS) is 14.7. The highest BCUT2D eigenvalue weighted by Crippen LogP contribution is 2.25. The number of thiazole rings is 1. The van der Waals surface area contributed by atoms with Crippen LogP contribution in [-0.4, -0.2) is 4.98 Å². The predicted molar refractivity (Wildman–Crippen MR) is 63.8 cm³/mol. The molecule has 16 heavy (non-hydrogen) atoms. The number of rotatable bonds is 3. The fourth-order valence-electron chi connectivity index (χ4n) is 1.62. The molecule has 0 bridgehead atoms. The molecular weight excluding hydrogens is 223 g/mol. The molecule has 0 saturated carbocycles. The number of nitrogens with two attached hydrogens (primary N) is 1. The van der Waals surface area contributed by atoms with Crippen LogP contribution in [0.1, 0.15) is 17.5 Å². The average molecular weight is 236 g/mol. The zero-order valence-electron chi connectivity index (χ0n) is 8.98. The van der Waals surface area contributed by atoms with Crippen molar-refractivity contribution in [2.75, 3.05) is 0 Å². The topological polar surface area (TPSA) is 38.9 Å². The summed E-state index contributed by atoms with van der Waals surface area (Å²) >= 11 is 1.50. The molecule has 1 aromatic carbocycles. The van der Waals surface area contributed by atoms with Crippen molar-refractivity contribution in [2.45, 2.75) is 18.9 Å². The van der Waals surface area contributed by atoms with Crippen LogP contribution >= 0.6 is 11.3 Å². The maximum atomic E-state index is 13.5. The number of halogens is 1. The summed E-state index contributed by atoms with van der Waals surface area (Å²) in [7, 11) is 0. The van der Waals surface area contributed by atoms with Crippen molar-refractivity contribution in [1.29, 1.82) is 0 Å². The van der Waals surface area contributed by atoms with Gasteiger partial charge in [0.25, 0.3) is 0 Å². The van der Waals surface area contributed by atoms with E-state index >= 15 is 0 Å². The third-order valence-corrected chi connectivity index (χ3v) is 3.49. The van der Waals surface area contributed by atoms with Crippen molar-refractivity contribution in [3.8, 4) is 0 Å². The second-order valence-electron chi connectivity index (χ2n) is 4.02. The summed E-state index contributed by atoms with van der Waals surface area (Å²) in [5, 5.41) is 2.71. The van der Waals surface area contributed by atoms with E-state index in [1.807, 2.05) is 18.4 Å². The van der Waals surface area contributed by atoms with Crippen LogP contribution in [0.15, 0.2) is 35.8 Å². The molecule has 0 aliphatic heterocycles. The maximum absolute atomic E-state index is 13.5. The molecule has 84 valence electrons. The lowest BCUT2D eigenvalue weighted by molar-refractivity contribution is 0.473. The molecule has 1 atom stereocenters. The minimum Gasteiger partial charge on any atom is -0.319 e. The van der Waals surface area contributed by atoms with Gasteiger partial charge >= 0.3 is 0 Å². The molecule has 2 rings (SSSR count). The van der Waals surface area contributed by atoms with Gasteiger partial charge in [-0.2, -0.15) is 0 Å². The van der Waals surface area contributed by atoms with Crippen molar-refractivity contribution in [3.05, 3.63) is 52.2 Å². The highest BCUT2D eigenvalue weighted by atomic mass is 32.1. The summed E-state index contributed by atoms with van der Waals surface area (Å²) in [6.45, 7) is 1.87. The fourth-order valence-corrected chi connectivity index (χ4v) is 2.33. The average Bonchev–Trinajstić information content (AvgIpc) is 2.75. The van der Waals surface area contributed by atoms with Gasteiger partial charge < -0.3 is 5.73 Å². The number of nitrogens with zero attached hydrogens (tertiary/aromatic N) is 1. The van der Waals surface area contributed by atoms with E-state index in [9.17, 15) is 4.39 Å². The largest absolute Gasteiger partial charge is 0.319 e. The molecular formula is C12H13FN2S. The Morgan fingerprint density at radius 2 is 2.19 bits per heavy atom. The van der Waals surface area contributed by atoms with Crippen LogP contribution < -0.4 is 5.73 Å². The Morgan fingerprint density at radius 1 is 1.44 bits per heavy atom. The monoisotopic (exact) mass is 236 g/mol. The molecule has 0 aliphatic carbocycles. The number of hydrogen-bond acceptors (Lipinski definition) is 3. The molecule has 4 heteroatoms. The summed E-state index contributed by atoms with van der Waals surface area (Å²) in [5.41, 5.74) is 6.18. The van der Waals surface area contributed by atoms with Gasteiger partial charge in [0, 0.05) is 11.6 Å².